The summed E-state index contributed by atoms with van der Waals surface area (Å²) in [5.41, 5.74) is 2.89. The van der Waals surface area contributed by atoms with Crippen LogP contribution >= 0.6 is 0 Å². The molecule has 5 rings (SSSR count). The van der Waals surface area contributed by atoms with Crippen molar-refractivity contribution in [2.45, 2.75) is 39.5 Å². The molecule has 3 aliphatic carbocycles. The first-order chi connectivity index (χ1) is 22.2. The predicted octanol–water partition coefficient (Wildman–Crippen LogP) is 3.46. The third kappa shape index (κ3) is 7.28. The number of hydrogen-bond donors (Lipinski definition) is 0. The number of ether oxygens (including phenoxy) is 4. The molecule has 0 unspecified atom stereocenters. The van der Waals surface area contributed by atoms with Gasteiger partial charge in [0, 0.05) is 48.0 Å². The van der Waals surface area contributed by atoms with Gasteiger partial charge >= 0.3 is 11.9 Å². The van der Waals surface area contributed by atoms with Gasteiger partial charge in [-0.1, -0.05) is 36.4 Å². The van der Waals surface area contributed by atoms with Crippen LogP contribution in [0.25, 0.3) is 0 Å². The fourth-order valence-corrected chi connectivity index (χ4v) is 5.66. The van der Waals surface area contributed by atoms with Crippen LogP contribution in [0, 0.1) is 0 Å². The van der Waals surface area contributed by atoms with E-state index in [0.29, 0.717) is 22.3 Å². The van der Waals surface area contributed by atoms with E-state index in [-0.39, 0.29) is 95.8 Å². The van der Waals surface area contributed by atoms with Crippen molar-refractivity contribution in [2.24, 2.45) is 0 Å². The number of carbonyl (C=O) groups excluding carboxylic acids is 6. The van der Waals surface area contributed by atoms with E-state index in [4.69, 9.17) is 18.9 Å². The molecule has 236 valence electrons. The number of carbonyl (C=O) groups is 6. The van der Waals surface area contributed by atoms with Crippen molar-refractivity contribution in [2.75, 3.05) is 26.4 Å². The van der Waals surface area contributed by atoms with Gasteiger partial charge in [-0.3, -0.25) is 19.2 Å². The Balaban J connectivity index is 1.62. The summed E-state index contributed by atoms with van der Waals surface area (Å²) in [4.78, 5) is 77.8. The number of allylic oxidation sites excluding steroid dienone is 8. The maximum Gasteiger partial charge on any atom is 0.344 e. The molecule has 0 aromatic heterocycles. The number of Topliss-reactive ketones (excluding diaryl/α,β-unsaturated/α-hetero) is 2. The lowest BCUT2D eigenvalue weighted by atomic mass is 9.84. The van der Waals surface area contributed by atoms with E-state index in [1.165, 1.54) is 24.3 Å². The third-order valence-corrected chi connectivity index (χ3v) is 7.59. The van der Waals surface area contributed by atoms with Gasteiger partial charge in [-0.05, 0) is 60.4 Å². The topological polar surface area (TPSA) is 139 Å². The van der Waals surface area contributed by atoms with Crippen molar-refractivity contribution < 1.29 is 47.7 Å². The van der Waals surface area contributed by atoms with Crippen LogP contribution in [0.2, 0.25) is 0 Å². The summed E-state index contributed by atoms with van der Waals surface area (Å²) in [6.07, 6.45) is 5.08. The quantitative estimate of drug-likeness (QED) is 0.317. The number of para-hydroxylation sites is 2. The zero-order valence-electron chi connectivity index (χ0n) is 25.5. The van der Waals surface area contributed by atoms with Crippen LogP contribution < -0.4 is 9.47 Å². The number of ketones is 4. The van der Waals surface area contributed by atoms with Crippen molar-refractivity contribution in [3.8, 4) is 11.5 Å². The van der Waals surface area contributed by atoms with Gasteiger partial charge < -0.3 is 18.9 Å². The summed E-state index contributed by atoms with van der Waals surface area (Å²) < 4.78 is 21.9. The predicted molar refractivity (Wildman–Crippen MR) is 164 cm³/mol. The molecule has 3 aliphatic rings. The monoisotopic (exact) mass is 624 g/mol. The van der Waals surface area contributed by atoms with Crippen LogP contribution in [0.5, 0.6) is 11.5 Å². The molecule has 10 heteroatoms. The van der Waals surface area contributed by atoms with Crippen LogP contribution in [0.1, 0.15) is 36.1 Å². The normalized spacial score (nSPS) is 16.0. The van der Waals surface area contributed by atoms with Gasteiger partial charge in [0.2, 0.25) is 0 Å². The first kappa shape index (κ1) is 32.0. The second-order valence-electron chi connectivity index (χ2n) is 10.8. The molecular weight excluding hydrogens is 592 g/mol. The highest BCUT2D eigenvalue weighted by Crippen LogP contribution is 2.35. The maximum absolute atomic E-state index is 13.8. The zero-order valence-corrected chi connectivity index (χ0v) is 25.5. The van der Waals surface area contributed by atoms with Gasteiger partial charge in [-0.2, -0.15) is 0 Å². The Hall–Kier alpha value is -5.38. The van der Waals surface area contributed by atoms with Gasteiger partial charge in [0.25, 0.3) is 0 Å². The Morgan fingerprint density at radius 1 is 0.543 bits per heavy atom. The van der Waals surface area contributed by atoms with Crippen LogP contribution in [0.4, 0.5) is 0 Å². The van der Waals surface area contributed by atoms with Crippen molar-refractivity contribution >= 4 is 35.1 Å². The molecule has 8 bridgehead atoms. The molecule has 2 aromatic carbocycles. The molecule has 10 nitrogen and oxygen atoms in total. The molecule has 2 aromatic rings. The average molecular weight is 625 g/mol. The Kier molecular flexibility index (Phi) is 9.85. The fraction of sp³-hybridized carbons (Fsp3) is 0.278. The van der Waals surface area contributed by atoms with Crippen LogP contribution in [0.3, 0.4) is 0 Å². The van der Waals surface area contributed by atoms with Gasteiger partial charge in [0.15, 0.2) is 36.3 Å². The highest BCUT2D eigenvalue weighted by atomic mass is 16.6. The third-order valence-electron chi connectivity index (χ3n) is 7.59. The molecule has 0 fully saturated rings. The Bertz CT molecular complexity index is 1550. The molecule has 0 aliphatic heterocycles. The molecule has 46 heavy (non-hydrogen) atoms. The van der Waals surface area contributed by atoms with E-state index in [2.05, 4.69) is 0 Å². The second-order valence-corrected chi connectivity index (χ2v) is 10.8. The number of benzene rings is 2. The molecule has 0 saturated carbocycles. The van der Waals surface area contributed by atoms with E-state index in [1.54, 1.807) is 50.2 Å². The molecule has 0 N–H and O–H groups in total. The minimum absolute atomic E-state index is 0.00273. The molecule has 0 spiro atoms. The fourth-order valence-electron chi connectivity index (χ4n) is 5.66. The van der Waals surface area contributed by atoms with E-state index in [9.17, 15) is 28.8 Å². The number of fused-ring (bicyclic) bond motifs is 8. The molecule has 0 atom stereocenters. The molecule has 0 radical (unpaired) electrons. The van der Waals surface area contributed by atoms with Crippen molar-refractivity contribution in [1.29, 1.82) is 0 Å². The van der Waals surface area contributed by atoms with Crippen LogP contribution in [0.15, 0.2) is 83.0 Å². The van der Waals surface area contributed by atoms with E-state index < -0.39 is 25.2 Å². The SMILES string of the molecule is CCOC(=O)COc1c2cccc1CC1=CC(=O)C=C(Cc3cccc(c3OCC(=O)OCC)CC3=CC(=O)C=C(C2)C3=O)C1=O. The summed E-state index contributed by atoms with van der Waals surface area (Å²) in [7, 11) is 0. The first-order valence-electron chi connectivity index (χ1n) is 14.9. The summed E-state index contributed by atoms with van der Waals surface area (Å²) in [5, 5.41) is 0. The van der Waals surface area contributed by atoms with Crippen molar-refractivity contribution in [1.82, 2.24) is 0 Å². The average Bonchev–Trinajstić information content (AvgIpc) is 3.01. The van der Waals surface area contributed by atoms with E-state index in [1.807, 2.05) is 0 Å². The number of hydrogen-bond acceptors (Lipinski definition) is 10. The van der Waals surface area contributed by atoms with E-state index >= 15 is 0 Å². The molecule has 0 saturated heterocycles. The van der Waals surface area contributed by atoms with Crippen LogP contribution in [-0.2, 0) is 63.9 Å². The number of esters is 2. The Morgan fingerprint density at radius 3 is 1.13 bits per heavy atom. The van der Waals surface area contributed by atoms with Crippen LogP contribution in [-0.4, -0.2) is 61.5 Å². The largest absolute Gasteiger partial charge is 0.481 e. The van der Waals surface area contributed by atoms with E-state index in [0.717, 1.165) is 0 Å². The van der Waals surface area contributed by atoms with Gasteiger partial charge in [-0.15, -0.1) is 0 Å². The lowest BCUT2D eigenvalue weighted by Crippen LogP contribution is -2.22. The minimum atomic E-state index is -0.603. The lowest BCUT2D eigenvalue weighted by molar-refractivity contribution is -0.146. The highest BCUT2D eigenvalue weighted by molar-refractivity contribution is 6.21. The second kappa shape index (κ2) is 14.2. The first-order valence-corrected chi connectivity index (χ1v) is 14.9. The Labute approximate surface area is 265 Å². The van der Waals surface area contributed by atoms with Crippen molar-refractivity contribution in [3.63, 3.8) is 0 Å². The van der Waals surface area contributed by atoms with Gasteiger partial charge in [0.05, 0.1) is 13.2 Å². The summed E-state index contributed by atoms with van der Waals surface area (Å²) in [5.74, 6) is -2.11. The smallest absolute Gasteiger partial charge is 0.344 e. The summed E-state index contributed by atoms with van der Waals surface area (Å²) in [6.45, 7) is 2.82. The summed E-state index contributed by atoms with van der Waals surface area (Å²) in [6, 6.07) is 10.3. The Morgan fingerprint density at radius 2 is 0.848 bits per heavy atom. The van der Waals surface area contributed by atoms with Gasteiger partial charge in [0.1, 0.15) is 11.5 Å². The standard InChI is InChI=1S/C36H32O10/c1-3-43-31(39)19-45-35-21-7-5-8-22(35)12-26-16-30(38)18-28(34(26)42)14-24-10-6-9-23(36(24)46-20-32(40)44-4-2)13-27-17-29(37)15-25(11-21)33(27)41/h5-10,15-18H,3-4,11-14,19-20H2,1-2H3. The molecule has 0 amide bonds. The number of rotatable bonds is 8. The van der Waals surface area contributed by atoms with Gasteiger partial charge in [-0.25, -0.2) is 9.59 Å². The zero-order chi connectivity index (χ0) is 32.8. The van der Waals surface area contributed by atoms with Crippen molar-refractivity contribution in [3.05, 3.63) is 105 Å². The lowest BCUT2D eigenvalue weighted by Gasteiger charge is -2.22. The molecular formula is C36H32O10. The highest BCUT2D eigenvalue weighted by Gasteiger charge is 2.29. The maximum atomic E-state index is 13.8. The minimum Gasteiger partial charge on any atom is -0.481 e. The summed E-state index contributed by atoms with van der Waals surface area (Å²) >= 11 is 0. The molecule has 0 heterocycles.